The van der Waals surface area contributed by atoms with Gasteiger partial charge in [-0.3, -0.25) is 0 Å². The number of piperidine rings is 1. The molecule has 112 valence electrons. The van der Waals surface area contributed by atoms with Crippen LogP contribution < -0.4 is 10.6 Å². The zero-order chi connectivity index (χ0) is 14.7. The van der Waals surface area contributed by atoms with Crippen molar-refractivity contribution in [2.75, 3.05) is 11.4 Å². The van der Waals surface area contributed by atoms with Gasteiger partial charge in [0.25, 0.3) is 0 Å². The van der Waals surface area contributed by atoms with Crippen molar-refractivity contribution in [2.45, 2.75) is 65.5 Å². The summed E-state index contributed by atoms with van der Waals surface area (Å²) in [7, 11) is 0. The highest BCUT2D eigenvalue weighted by Crippen LogP contribution is 2.31. The van der Waals surface area contributed by atoms with E-state index in [9.17, 15) is 0 Å². The second kappa shape index (κ2) is 6.62. The van der Waals surface area contributed by atoms with Crippen LogP contribution >= 0.6 is 0 Å². The van der Waals surface area contributed by atoms with E-state index in [1.807, 2.05) is 0 Å². The highest BCUT2D eigenvalue weighted by Gasteiger charge is 2.24. The lowest BCUT2D eigenvalue weighted by atomic mass is 9.92. The molecule has 0 saturated carbocycles. The van der Waals surface area contributed by atoms with Crippen LogP contribution in [-0.4, -0.2) is 18.6 Å². The van der Waals surface area contributed by atoms with E-state index in [0.717, 1.165) is 18.8 Å². The molecule has 2 heteroatoms. The molecule has 1 aromatic rings. The van der Waals surface area contributed by atoms with E-state index >= 15 is 0 Å². The summed E-state index contributed by atoms with van der Waals surface area (Å²) in [6.45, 7) is 10.2. The Morgan fingerprint density at radius 2 is 2.05 bits per heavy atom. The number of benzene rings is 1. The molecule has 0 radical (unpaired) electrons. The second-order valence-corrected chi connectivity index (χ2v) is 6.69. The maximum Gasteiger partial charge on any atom is 0.0402 e. The van der Waals surface area contributed by atoms with E-state index in [1.54, 1.807) is 0 Å². The summed E-state index contributed by atoms with van der Waals surface area (Å²) in [5, 5.41) is 0. The smallest absolute Gasteiger partial charge is 0.0402 e. The predicted molar refractivity (Wildman–Crippen MR) is 88.4 cm³/mol. The van der Waals surface area contributed by atoms with Crippen LogP contribution in [0.25, 0.3) is 0 Å². The zero-order valence-electron chi connectivity index (χ0n) is 13.5. The van der Waals surface area contributed by atoms with E-state index < -0.39 is 0 Å². The first-order chi connectivity index (χ1) is 9.51. The highest BCUT2D eigenvalue weighted by atomic mass is 15.2. The summed E-state index contributed by atoms with van der Waals surface area (Å²) >= 11 is 0. The molecule has 1 saturated heterocycles. The number of nitrogens with zero attached hydrogens (tertiary/aromatic N) is 1. The van der Waals surface area contributed by atoms with Crippen molar-refractivity contribution in [1.82, 2.24) is 0 Å². The van der Waals surface area contributed by atoms with Gasteiger partial charge in [-0.1, -0.05) is 31.5 Å². The van der Waals surface area contributed by atoms with Crippen molar-refractivity contribution in [1.29, 1.82) is 0 Å². The van der Waals surface area contributed by atoms with Gasteiger partial charge in [0.05, 0.1) is 0 Å². The van der Waals surface area contributed by atoms with Crippen LogP contribution in [0.3, 0.4) is 0 Å². The molecule has 0 amide bonds. The third-order valence-electron chi connectivity index (χ3n) is 4.67. The number of aryl methyl sites for hydroxylation is 1. The largest absolute Gasteiger partial charge is 0.368 e. The standard InChI is InChI=1S/C18H30N2/c1-5-17(19)11-16-10-13(2)7-9-18(16)20-12-14(3)6-8-15(20)4/h7,9-10,14-15,17H,5-6,8,11-12,19H2,1-4H3. The molecule has 0 aromatic heterocycles. The Morgan fingerprint density at radius 1 is 1.30 bits per heavy atom. The molecule has 2 N–H and O–H groups in total. The summed E-state index contributed by atoms with van der Waals surface area (Å²) in [5.74, 6) is 0.792. The third-order valence-corrected chi connectivity index (χ3v) is 4.67. The van der Waals surface area contributed by atoms with E-state index in [1.165, 1.54) is 36.2 Å². The highest BCUT2D eigenvalue weighted by molar-refractivity contribution is 5.56. The van der Waals surface area contributed by atoms with Crippen molar-refractivity contribution >= 4 is 5.69 Å². The Balaban J connectivity index is 2.29. The molecule has 20 heavy (non-hydrogen) atoms. The number of hydrogen-bond acceptors (Lipinski definition) is 2. The normalized spacial score (nSPS) is 24.8. The van der Waals surface area contributed by atoms with Gasteiger partial charge in [-0.25, -0.2) is 0 Å². The number of nitrogens with two attached hydrogens (primary N) is 1. The fourth-order valence-electron chi connectivity index (χ4n) is 3.21. The Bertz CT molecular complexity index is 441. The number of anilines is 1. The molecule has 1 aromatic carbocycles. The molecule has 2 nitrogen and oxygen atoms in total. The molecular weight excluding hydrogens is 244 g/mol. The van der Waals surface area contributed by atoms with Gasteiger partial charge in [0.2, 0.25) is 0 Å². The average molecular weight is 274 g/mol. The molecule has 1 aliphatic rings. The first-order valence-electron chi connectivity index (χ1n) is 8.13. The van der Waals surface area contributed by atoms with Crippen LogP contribution in [0.1, 0.15) is 51.2 Å². The first-order valence-corrected chi connectivity index (χ1v) is 8.13. The zero-order valence-corrected chi connectivity index (χ0v) is 13.5. The summed E-state index contributed by atoms with van der Waals surface area (Å²) < 4.78 is 0. The molecule has 1 fully saturated rings. The van der Waals surface area contributed by atoms with Gasteiger partial charge in [-0.05, 0) is 57.1 Å². The topological polar surface area (TPSA) is 29.3 Å². The monoisotopic (exact) mass is 274 g/mol. The molecular formula is C18H30N2. The maximum absolute atomic E-state index is 6.20. The van der Waals surface area contributed by atoms with Crippen molar-refractivity contribution in [2.24, 2.45) is 11.7 Å². The van der Waals surface area contributed by atoms with Gasteiger partial charge >= 0.3 is 0 Å². The summed E-state index contributed by atoms with van der Waals surface area (Å²) in [6, 6.07) is 7.79. The minimum absolute atomic E-state index is 0.271. The summed E-state index contributed by atoms with van der Waals surface area (Å²) in [6.07, 6.45) is 4.69. The molecule has 1 aliphatic heterocycles. The summed E-state index contributed by atoms with van der Waals surface area (Å²) in [4.78, 5) is 2.60. The van der Waals surface area contributed by atoms with Gasteiger partial charge in [-0.15, -0.1) is 0 Å². The molecule has 0 spiro atoms. The average Bonchev–Trinajstić information content (AvgIpc) is 2.42. The van der Waals surface area contributed by atoms with Gasteiger partial charge in [0, 0.05) is 24.3 Å². The molecule has 1 heterocycles. The van der Waals surface area contributed by atoms with Gasteiger partial charge < -0.3 is 10.6 Å². The lowest BCUT2D eigenvalue weighted by Crippen LogP contribution is -2.41. The third kappa shape index (κ3) is 3.54. The molecule has 2 rings (SSSR count). The Morgan fingerprint density at radius 3 is 2.75 bits per heavy atom. The van der Waals surface area contributed by atoms with Crippen LogP contribution in [0.4, 0.5) is 5.69 Å². The van der Waals surface area contributed by atoms with Gasteiger partial charge in [0.1, 0.15) is 0 Å². The van der Waals surface area contributed by atoms with E-state index in [4.69, 9.17) is 5.73 Å². The quantitative estimate of drug-likeness (QED) is 0.902. The van der Waals surface area contributed by atoms with Crippen molar-refractivity contribution in [3.8, 4) is 0 Å². The predicted octanol–water partition coefficient (Wildman–Crippen LogP) is 3.90. The van der Waals surface area contributed by atoms with E-state index in [-0.39, 0.29) is 6.04 Å². The Labute approximate surface area is 124 Å². The van der Waals surface area contributed by atoms with E-state index in [2.05, 4.69) is 50.8 Å². The van der Waals surface area contributed by atoms with E-state index in [0.29, 0.717) is 6.04 Å². The fourth-order valence-corrected chi connectivity index (χ4v) is 3.21. The second-order valence-electron chi connectivity index (χ2n) is 6.69. The molecule has 0 bridgehead atoms. The molecule has 3 atom stereocenters. The molecule has 3 unspecified atom stereocenters. The van der Waals surface area contributed by atoms with Crippen molar-refractivity contribution in [3.05, 3.63) is 29.3 Å². The molecule has 0 aliphatic carbocycles. The maximum atomic E-state index is 6.20. The van der Waals surface area contributed by atoms with Crippen molar-refractivity contribution in [3.63, 3.8) is 0 Å². The van der Waals surface area contributed by atoms with Crippen LogP contribution in [0.2, 0.25) is 0 Å². The van der Waals surface area contributed by atoms with Gasteiger partial charge in [0.15, 0.2) is 0 Å². The minimum atomic E-state index is 0.271. The number of hydrogen-bond donors (Lipinski definition) is 1. The van der Waals surface area contributed by atoms with Gasteiger partial charge in [-0.2, -0.15) is 0 Å². The SMILES string of the molecule is CCC(N)Cc1cc(C)ccc1N1CC(C)CCC1C. The van der Waals surface area contributed by atoms with Crippen LogP contribution in [-0.2, 0) is 6.42 Å². The van der Waals surface area contributed by atoms with Crippen molar-refractivity contribution < 1.29 is 0 Å². The lowest BCUT2D eigenvalue weighted by molar-refractivity contribution is 0.389. The summed E-state index contributed by atoms with van der Waals surface area (Å²) in [5.41, 5.74) is 10.4. The lowest BCUT2D eigenvalue weighted by Gasteiger charge is -2.40. The Kier molecular flexibility index (Phi) is 5.09. The van der Waals surface area contributed by atoms with Crippen LogP contribution in [0.5, 0.6) is 0 Å². The number of rotatable bonds is 4. The minimum Gasteiger partial charge on any atom is -0.368 e. The van der Waals surface area contributed by atoms with Crippen LogP contribution in [0, 0.1) is 12.8 Å². The van der Waals surface area contributed by atoms with Crippen LogP contribution in [0.15, 0.2) is 18.2 Å². The Hall–Kier alpha value is -1.02. The fraction of sp³-hybridized carbons (Fsp3) is 0.667. The first kappa shape index (κ1) is 15.4.